The number of carbonyl (C=O) groups is 3. The Hall–Kier alpha value is -1.19. The Morgan fingerprint density at radius 1 is 1.35 bits per heavy atom. The van der Waals surface area contributed by atoms with Gasteiger partial charge in [0.05, 0.1) is 6.61 Å². The number of ketones is 2. The van der Waals surface area contributed by atoms with Gasteiger partial charge in [0.2, 0.25) is 0 Å². The van der Waals surface area contributed by atoms with Gasteiger partial charge in [0.15, 0.2) is 0 Å². The van der Waals surface area contributed by atoms with E-state index >= 15 is 0 Å². The maximum atomic E-state index is 12.1. The number of hydrogen-bond acceptors (Lipinski definition) is 4. The summed E-state index contributed by atoms with van der Waals surface area (Å²) in [6.45, 7) is 2.29. The van der Waals surface area contributed by atoms with Crippen molar-refractivity contribution < 1.29 is 19.1 Å². The minimum absolute atomic E-state index is 0.0145. The van der Waals surface area contributed by atoms with Crippen molar-refractivity contribution in [2.45, 2.75) is 45.4 Å². The van der Waals surface area contributed by atoms with Crippen molar-refractivity contribution in [2.24, 2.45) is 11.8 Å². The second-order valence-corrected chi connectivity index (χ2v) is 4.72. The zero-order chi connectivity index (χ0) is 12.7. The van der Waals surface area contributed by atoms with Crippen molar-refractivity contribution in [3.05, 3.63) is 0 Å². The van der Waals surface area contributed by atoms with Gasteiger partial charge in [0.25, 0.3) is 6.47 Å². The molecule has 1 rings (SSSR count). The van der Waals surface area contributed by atoms with Gasteiger partial charge in [0, 0.05) is 18.3 Å². The van der Waals surface area contributed by atoms with Gasteiger partial charge in [0.1, 0.15) is 11.6 Å². The highest BCUT2D eigenvalue weighted by atomic mass is 16.5. The Labute approximate surface area is 102 Å². The van der Waals surface area contributed by atoms with Crippen LogP contribution in [-0.4, -0.2) is 24.6 Å². The number of carbonyl (C=O) groups excluding carboxylic acids is 3. The van der Waals surface area contributed by atoms with E-state index in [1.54, 1.807) is 6.92 Å². The van der Waals surface area contributed by atoms with E-state index in [1.807, 2.05) is 0 Å². The first-order valence-corrected chi connectivity index (χ1v) is 6.23. The minimum Gasteiger partial charge on any atom is -0.468 e. The van der Waals surface area contributed by atoms with Crippen LogP contribution in [0.15, 0.2) is 0 Å². The SMILES string of the molecule is CC(=O)CC[C@H]1CCC[C@@H](CCOC=O)C1=O. The van der Waals surface area contributed by atoms with Crippen LogP contribution in [0, 0.1) is 11.8 Å². The van der Waals surface area contributed by atoms with Gasteiger partial charge in [-0.3, -0.25) is 9.59 Å². The van der Waals surface area contributed by atoms with Gasteiger partial charge in [-0.1, -0.05) is 6.42 Å². The molecule has 0 spiro atoms. The Kier molecular flexibility index (Phi) is 5.87. The largest absolute Gasteiger partial charge is 0.468 e. The molecule has 4 nitrogen and oxygen atoms in total. The van der Waals surface area contributed by atoms with E-state index in [-0.39, 0.29) is 23.4 Å². The highest BCUT2D eigenvalue weighted by Crippen LogP contribution is 2.30. The standard InChI is InChI=1S/C13H20O4/c1-10(15)5-6-11-3-2-4-12(13(11)16)7-8-17-9-14/h9,11-12H,2-8H2,1H3/t11-,12+/m1/s1. The maximum absolute atomic E-state index is 12.1. The lowest BCUT2D eigenvalue weighted by Crippen LogP contribution is -2.29. The Morgan fingerprint density at radius 3 is 2.59 bits per heavy atom. The Balaban J connectivity index is 2.38. The van der Waals surface area contributed by atoms with Crippen molar-refractivity contribution in [3.63, 3.8) is 0 Å². The molecule has 0 aliphatic heterocycles. The predicted molar refractivity (Wildman–Crippen MR) is 62.4 cm³/mol. The molecule has 4 heteroatoms. The van der Waals surface area contributed by atoms with Gasteiger partial charge >= 0.3 is 0 Å². The molecule has 0 unspecified atom stereocenters. The van der Waals surface area contributed by atoms with Gasteiger partial charge in [-0.2, -0.15) is 0 Å². The first-order chi connectivity index (χ1) is 8.15. The van der Waals surface area contributed by atoms with Crippen molar-refractivity contribution >= 4 is 18.0 Å². The fourth-order valence-corrected chi connectivity index (χ4v) is 2.44. The molecular weight excluding hydrogens is 220 g/mol. The van der Waals surface area contributed by atoms with Crippen LogP contribution in [0.25, 0.3) is 0 Å². The molecular formula is C13H20O4. The van der Waals surface area contributed by atoms with Crippen LogP contribution in [0.3, 0.4) is 0 Å². The zero-order valence-electron chi connectivity index (χ0n) is 10.3. The molecule has 1 aliphatic carbocycles. The molecule has 1 fully saturated rings. The van der Waals surface area contributed by atoms with Crippen molar-refractivity contribution in [1.29, 1.82) is 0 Å². The number of rotatable bonds is 7. The zero-order valence-corrected chi connectivity index (χ0v) is 10.3. The fraction of sp³-hybridized carbons (Fsp3) is 0.769. The van der Waals surface area contributed by atoms with Crippen LogP contribution in [0.5, 0.6) is 0 Å². The molecule has 0 aromatic carbocycles. The van der Waals surface area contributed by atoms with Crippen LogP contribution >= 0.6 is 0 Å². The Bertz CT molecular complexity index is 285. The third-order valence-corrected chi connectivity index (χ3v) is 3.41. The molecule has 17 heavy (non-hydrogen) atoms. The monoisotopic (exact) mass is 240 g/mol. The van der Waals surface area contributed by atoms with Crippen LogP contribution in [0.4, 0.5) is 0 Å². The molecule has 0 heterocycles. The topological polar surface area (TPSA) is 60.4 Å². The third-order valence-electron chi connectivity index (χ3n) is 3.41. The first kappa shape index (κ1) is 13.9. The summed E-state index contributed by atoms with van der Waals surface area (Å²) in [4.78, 5) is 33.0. The average Bonchev–Trinajstić information content (AvgIpc) is 2.30. The molecule has 0 bridgehead atoms. The molecule has 0 saturated heterocycles. The minimum atomic E-state index is 0.0145. The lowest BCUT2D eigenvalue weighted by atomic mass is 9.77. The quantitative estimate of drug-likeness (QED) is 0.503. The molecule has 0 radical (unpaired) electrons. The number of ether oxygens (including phenoxy) is 1. The molecule has 1 aliphatic rings. The van der Waals surface area contributed by atoms with Gasteiger partial charge in [-0.05, 0) is 32.6 Å². The highest BCUT2D eigenvalue weighted by molar-refractivity contribution is 5.85. The molecule has 96 valence electrons. The average molecular weight is 240 g/mol. The lowest BCUT2D eigenvalue weighted by molar-refractivity contribution is -0.134. The maximum Gasteiger partial charge on any atom is 0.293 e. The lowest BCUT2D eigenvalue weighted by Gasteiger charge is -2.27. The molecule has 0 aromatic heterocycles. The summed E-state index contributed by atoms with van der Waals surface area (Å²) >= 11 is 0. The van der Waals surface area contributed by atoms with E-state index in [1.165, 1.54) is 0 Å². The summed E-state index contributed by atoms with van der Waals surface area (Å²) in [7, 11) is 0. The molecule has 0 amide bonds. The summed E-state index contributed by atoms with van der Waals surface area (Å²) in [5.41, 5.74) is 0. The summed E-state index contributed by atoms with van der Waals surface area (Å²) in [5.74, 6) is 0.450. The molecule has 2 atom stereocenters. The van der Waals surface area contributed by atoms with Gasteiger partial charge in [-0.25, -0.2) is 0 Å². The number of hydrogen-bond donors (Lipinski definition) is 0. The van der Waals surface area contributed by atoms with Crippen LogP contribution in [0.2, 0.25) is 0 Å². The van der Waals surface area contributed by atoms with Gasteiger partial charge in [-0.15, -0.1) is 0 Å². The third kappa shape index (κ3) is 4.67. The van der Waals surface area contributed by atoms with Crippen molar-refractivity contribution in [1.82, 2.24) is 0 Å². The fourth-order valence-electron chi connectivity index (χ4n) is 2.44. The molecule has 0 aromatic rings. The van der Waals surface area contributed by atoms with E-state index in [2.05, 4.69) is 4.74 Å². The van der Waals surface area contributed by atoms with Crippen molar-refractivity contribution in [3.8, 4) is 0 Å². The Morgan fingerprint density at radius 2 is 2.00 bits per heavy atom. The summed E-state index contributed by atoms with van der Waals surface area (Å²) in [5, 5.41) is 0. The van der Waals surface area contributed by atoms with Crippen LogP contribution in [-0.2, 0) is 19.1 Å². The van der Waals surface area contributed by atoms with E-state index in [9.17, 15) is 14.4 Å². The van der Waals surface area contributed by atoms with E-state index in [4.69, 9.17) is 0 Å². The smallest absolute Gasteiger partial charge is 0.293 e. The van der Waals surface area contributed by atoms with Gasteiger partial charge < -0.3 is 9.53 Å². The van der Waals surface area contributed by atoms with Crippen LogP contribution in [0.1, 0.15) is 45.4 Å². The summed E-state index contributed by atoms with van der Waals surface area (Å²) < 4.78 is 4.63. The van der Waals surface area contributed by atoms with Crippen LogP contribution < -0.4 is 0 Å². The van der Waals surface area contributed by atoms with E-state index in [0.29, 0.717) is 32.3 Å². The molecule has 0 N–H and O–H groups in total. The first-order valence-electron chi connectivity index (χ1n) is 6.23. The second-order valence-electron chi connectivity index (χ2n) is 4.72. The predicted octanol–water partition coefficient (Wildman–Crippen LogP) is 1.90. The van der Waals surface area contributed by atoms with Crippen molar-refractivity contribution in [2.75, 3.05) is 6.61 Å². The van der Waals surface area contributed by atoms with E-state index in [0.717, 1.165) is 19.3 Å². The summed E-state index contributed by atoms with van der Waals surface area (Å²) in [6, 6.07) is 0. The highest BCUT2D eigenvalue weighted by Gasteiger charge is 2.30. The normalized spacial score (nSPS) is 24.4. The van der Waals surface area contributed by atoms with E-state index < -0.39 is 0 Å². The second kappa shape index (κ2) is 7.20. The molecule has 1 saturated carbocycles. The number of Topliss-reactive ketones (excluding diaryl/α,β-unsaturated/α-hetero) is 2. The summed E-state index contributed by atoms with van der Waals surface area (Å²) in [6.07, 6.45) is 4.61.